The number of carboxylic acids is 1. The first-order chi connectivity index (χ1) is 7.13. The van der Waals surface area contributed by atoms with Crippen molar-refractivity contribution in [3.8, 4) is 0 Å². The van der Waals surface area contributed by atoms with Crippen molar-refractivity contribution in [1.82, 2.24) is 15.6 Å². The van der Waals surface area contributed by atoms with Crippen molar-refractivity contribution in [3.05, 3.63) is 22.6 Å². The van der Waals surface area contributed by atoms with E-state index in [9.17, 15) is 4.79 Å². The normalized spacial score (nSPS) is 19.5. The van der Waals surface area contributed by atoms with E-state index in [4.69, 9.17) is 10.2 Å². The molecule has 0 atom stereocenters. The van der Waals surface area contributed by atoms with E-state index < -0.39 is 5.97 Å². The van der Waals surface area contributed by atoms with E-state index in [0.717, 1.165) is 0 Å². The number of carbonyl (C=O) groups is 1. The molecule has 0 aliphatic carbocycles. The van der Waals surface area contributed by atoms with Gasteiger partial charge in [0.25, 0.3) is 0 Å². The topological polar surface area (TPSA) is 88.4 Å². The number of hydrogen-bond acceptors (Lipinski definition) is 7. The van der Waals surface area contributed by atoms with Crippen LogP contribution in [0.3, 0.4) is 0 Å². The largest absolute Gasteiger partial charge is 0.478 e. The van der Waals surface area contributed by atoms with Gasteiger partial charge in [-0.3, -0.25) is 5.01 Å². The molecular formula is C7H8N4O3S. The lowest BCUT2D eigenvalue weighted by molar-refractivity contribution is -0.132. The maximum absolute atomic E-state index is 10.8. The van der Waals surface area contributed by atoms with Gasteiger partial charge in [-0.2, -0.15) is 0 Å². The number of aliphatic hydroxyl groups is 1. The van der Waals surface area contributed by atoms with E-state index in [1.807, 2.05) is 0 Å². The van der Waals surface area contributed by atoms with E-state index in [1.165, 1.54) is 22.4 Å². The van der Waals surface area contributed by atoms with Gasteiger partial charge in [0.1, 0.15) is 17.3 Å². The summed E-state index contributed by atoms with van der Waals surface area (Å²) < 4.78 is 0. The number of carboxylic acid groups (broad SMARTS) is 1. The second-order valence-electron chi connectivity index (χ2n) is 2.83. The molecule has 8 heteroatoms. The highest BCUT2D eigenvalue weighted by atomic mass is 32.1. The number of thiol groups is 1. The third-order valence-electron chi connectivity index (χ3n) is 1.89. The van der Waals surface area contributed by atoms with Crippen molar-refractivity contribution in [1.29, 1.82) is 0 Å². The summed E-state index contributed by atoms with van der Waals surface area (Å²) in [4.78, 5) is 14.7. The summed E-state index contributed by atoms with van der Waals surface area (Å²) >= 11 is 4.07. The van der Waals surface area contributed by atoms with Crippen LogP contribution in [0.1, 0.15) is 0 Å². The smallest absolute Gasteiger partial charge is 0.340 e. The Morgan fingerprint density at radius 1 is 1.67 bits per heavy atom. The van der Waals surface area contributed by atoms with Gasteiger partial charge in [-0.1, -0.05) is 0 Å². The molecule has 3 N–H and O–H groups in total. The SMILES string of the molecule is O=C(O)C1=C(S)N2NN(CO)C=C2N=C1. The Hall–Kier alpha value is -1.51. The van der Waals surface area contributed by atoms with Crippen molar-refractivity contribution in [2.45, 2.75) is 0 Å². The lowest BCUT2D eigenvalue weighted by atomic mass is 10.3. The Kier molecular flexibility index (Phi) is 2.39. The molecule has 0 spiro atoms. The van der Waals surface area contributed by atoms with Crippen molar-refractivity contribution in [3.63, 3.8) is 0 Å². The number of aliphatic hydroxyl groups excluding tert-OH is 1. The molecule has 0 fully saturated rings. The van der Waals surface area contributed by atoms with Crippen LogP contribution < -0.4 is 5.53 Å². The highest BCUT2D eigenvalue weighted by Gasteiger charge is 2.28. The Bertz CT molecular complexity index is 403. The molecule has 80 valence electrons. The lowest BCUT2D eigenvalue weighted by Crippen LogP contribution is -2.40. The first-order valence-corrected chi connectivity index (χ1v) is 4.44. The molecule has 0 aromatic heterocycles. The molecule has 2 heterocycles. The van der Waals surface area contributed by atoms with Crippen LogP contribution in [0, 0.1) is 0 Å². The molecule has 2 aliphatic heterocycles. The van der Waals surface area contributed by atoms with Gasteiger partial charge in [-0.25, -0.2) is 14.8 Å². The summed E-state index contributed by atoms with van der Waals surface area (Å²) in [6.45, 7) is -0.251. The molecule has 0 aromatic rings. The Labute approximate surface area is 90.3 Å². The lowest BCUT2D eigenvalue weighted by Gasteiger charge is -2.24. The fourth-order valence-corrected chi connectivity index (χ4v) is 1.49. The van der Waals surface area contributed by atoms with Crippen LogP contribution in [-0.2, 0) is 4.79 Å². The van der Waals surface area contributed by atoms with Crippen LogP contribution in [0.5, 0.6) is 0 Å². The number of aliphatic imine (C=N–C) groups is 1. The number of rotatable bonds is 2. The van der Waals surface area contributed by atoms with Gasteiger partial charge in [0, 0.05) is 6.21 Å². The van der Waals surface area contributed by atoms with Crippen LogP contribution >= 0.6 is 12.6 Å². The Balaban J connectivity index is 2.33. The fourth-order valence-electron chi connectivity index (χ4n) is 1.18. The predicted molar refractivity (Wildman–Crippen MR) is 54.1 cm³/mol. The van der Waals surface area contributed by atoms with Crippen molar-refractivity contribution >= 4 is 24.8 Å². The van der Waals surface area contributed by atoms with E-state index in [-0.39, 0.29) is 17.3 Å². The average molecular weight is 228 g/mol. The van der Waals surface area contributed by atoms with Crippen LogP contribution in [0.2, 0.25) is 0 Å². The molecule has 0 radical (unpaired) electrons. The maximum Gasteiger partial charge on any atom is 0.340 e. The van der Waals surface area contributed by atoms with E-state index >= 15 is 0 Å². The van der Waals surface area contributed by atoms with Gasteiger partial charge >= 0.3 is 5.97 Å². The van der Waals surface area contributed by atoms with Crippen LogP contribution in [0.25, 0.3) is 0 Å². The molecule has 0 aromatic carbocycles. The van der Waals surface area contributed by atoms with Crippen LogP contribution in [-0.4, -0.2) is 39.1 Å². The van der Waals surface area contributed by atoms with E-state index in [1.54, 1.807) is 0 Å². The molecule has 7 nitrogen and oxygen atoms in total. The Morgan fingerprint density at radius 2 is 2.40 bits per heavy atom. The van der Waals surface area contributed by atoms with Crippen molar-refractivity contribution in [2.24, 2.45) is 4.99 Å². The minimum atomic E-state index is -1.10. The zero-order valence-corrected chi connectivity index (χ0v) is 8.35. The summed E-state index contributed by atoms with van der Waals surface area (Å²) in [7, 11) is 0. The first kappa shape index (κ1) is 10.0. The molecule has 0 unspecified atom stereocenters. The third kappa shape index (κ3) is 1.58. The minimum absolute atomic E-state index is 0.0113. The number of nitrogens with one attached hydrogen (secondary N) is 1. The molecule has 2 rings (SSSR count). The number of hydrogen-bond donors (Lipinski definition) is 4. The van der Waals surface area contributed by atoms with Gasteiger partial charge in [0.05, 0.1) is 6.20 Å². The number of fused-ring (bicyclic) bond motifs is 1. The zero-order chi connectivity index (χ0) is 11.0. The predicted octanol–water partition coefficient (Wildman–Crippen LogP) is -0.917. The summed E-state index contributed by atoms with van der Waals surface area (Å²) in [6, 6.07) is 0. The first-order valence-electron chi connectivity index (χ1n) is 4.00. The van der Waals surface area contributed by atoms with Crippen LogP contribution in [0.4, 0.5) is 0 Å². The minimum Gasteiger partial charge on any atom is -0.478 e. The molecule has 0 saturated heterocycles. The van der Waals surface area contributed by atoms with Gasteiger partial charge in [0.2, 0.25) is 0 Å². The third-order valence-corrected chi connectivity index (χ3v) is 2.33. The highest BCUT2D eigenvalue weighted by Crippen LogP contribution is 2.26. The highest BCUT2D eigenvalue weighted by molar-refractivity contribution is 7.84. The fraction of sp³-hybridized carbons (Fsp3) is 0.143. The summed E-state index contributed by atoms with van der Waals surface area (Å²) in [5.41, 5.74) is 2.68. The van der Waals surface area contributed by atoms with Crippen molar-refractivity contribution < 1.29 is 15.0 Å². The quantitative estimate of drug-likeness (QED) is 0.457. The summed E-state index contributed by atoms with van der Waals surface area (Å²) in [5.74, 6) is -0.633. The van der Waals surface area contributed by atoms with Crippen molar-refractivity contribution in [2.75, 3.05) is 6.73 Å². The van der Waals surface area contributed by atoms with E-state index in [2.05, 4.69) is 23.2 Å². The van der Waals surface area contributed by atoms with Gasteiger partial charge in [-0.05, 0) is 0 Å². The molecule has 2 aliphatic rings. The summed E-state index contributed by atoms with van der Waals surface area (Å²) in [6.07, 6.45) is 2.75. The molecule has 0 amide bonds. The second kappa shape index (κ2) is 3.57. The standard InChI is InChI=1S/C7H8N4O3S/c12-3-10-2-5-8-1-4(7(13)14)6(15)11(5)9-10/h1-2,9,12,15H,3H2,(H,13,14). The Morgan fingerprint density at radius 3 is 3.00 bits per heavy atom. The number of nitrogens with zero attached hydrogens (tertiary/aromatic N) is 3. The number of aliphatic carboxylic acids is 1. The van der Waals surface area contributed by atoms with Gasteiger partial charge in [0.15, 0.2) is 5.82 Å². The molecule has 15 heavy (non-hydrogen) atoms. The average Bonchev–Trinajstić information content (AvgIpc) is 2.61. The van der Waals surface area contributed by atoms with Gasteiger partial charge in [-0.15, -0.1) is 18.2 Å². The van der Waals surface area contributed by atoms with E-state index in [0.29, 0.717) is 5.82 Å². The van der Waals surface area contributed by atoms with Crippen LogP contribution in [0.15, 0.2) is 27.6 Å². The molecule has 0 saturated carbocycles. The molecule has 0 bridgehead atoms. The zero-order valence-electron chi connectivity index (χ0n) is 7.45. The second-order valence-corrected chi connectivity index (χ2v) is 3.26. The van der Waals surface area contributed by atoms with Gasteiger partial charge < -0.3 is 10.2 Å². The number of hydrazine groups is 2. The monoisotopic (exact) mass is 228 g/mol. The maximum atomic E-state index is 10.8. The summed E-state index contributed by atoms with van der Waals surface area (Å²) in [5, 5.41) is 20.6. The molecular weight excluding hydrogens is 220 g/mol.